The number of sulfonamides is 1. The summed E-state index contributed by atoms with van der Waals surface area (Å²) in [6.45, 7) is 1.20. The fourth-order valence-electron chi connectivity index (χ4n) is 5.04. The summed E-state index contributed by atoms with van der Waals surface area (Å²) in [7, 11) is -3.41. The summed E-state index contributed by atoms with van der Waals surface area (Å²) in [6.07, 6.45) is 8.68. The highest BCUT2D eigenvalue weighted by Gasteiger charge is 2.40. The number of carbonyl (C=O) groups excluding carboxylic acids is 1. The van der Waals surface area contributed by atoms with E-state index >= 15 is 0 Å². The van der Waals surface area contributed by atoms with Gasteiger partial charge in [-0.15, -0.1) is 0 Å². The van der Waals surface area contributed by atoms with Gasteiger partial charge in [0.2, 0.25) is 15.9 Å². The quantitative estimate of drug-likeness (QED) is 0.853. The zero-order valence-corrected chi connectivity index (χ0v) is 16.0. The number of fused-ring (bicyclic) bond motifs is 2. The number of amides is 1. The van der Waals surface area contributed by atoms with Crippen LogP contribution < -0.4 is 5.32 Å². The van der Waals surface area contributed by atoms with Gasteiger partial charge in [-0.05, 0) is 74.1 Å². The van der Waals surface area contributed by atoms with Gasteiger partial charge in [-0.3, -0.25) is 4.79 Å². The van der Waals surface area contributed by atoms with Gasteiger partial charge in [0.25, 0.3) is 0 Å². The van der Waals surface area contributed by atoms with Gasteiger partial charge in [0, 0.05) is 25.2 Å². The zero-order valence-electron chi connectivity index (χ0n) is 15.2. The number of hydrogen-bond acceptors (Lipinski definition) is 3. The highest BCUT2D eigenvalue weighted by Crippen LogP contribution is 2.49. The Kier molecular flexibility index (Phi) is 5.06. The third kappa shape index (κ3) is 3.67. The van der Waals surface area contributed by atoms with E-state index in [4.69, 9.17) is 0 Å². The third-order valence-corrected chi connectivity index (χ3v) is 8.34. The first kappa shape index (κ1) is 18.0. The van der Waals surface area contributed by atoms with Crippen LogP contribution in [0.5, 0.6) is 0 Å². The Morgan fingerprint density at radius 2 is 1.77 bits per heavy atom. The molecule has 6 heteroatoms. The fourth-order valence-corrected chi connectivity index (χ4v) is 6.56. The largest absolute Gasteiger partial charge is 0.326 e. The van der Waals surface area contributed by atoms with Crippen molar-refractivity contribution >= 4 is 21.6 Å². The van der Waals surface area contributed by atoms with Crippen molar-refractivity contribution in [3.05, 3.63) is 24.3 Å². The van der Waals surface area contributed by atoms with Gasteiger partial charge in [0.05, 0.1) is 4.90 Å². The molecule has 1 aromatic rings. The fraction of sp³-hybridized carbons (Fsp3) is 0.650. The molecule has 3 fully saturated rings. The second-order valence-corrected chi connectivity index (χ2v) is 10.1. The van der Waals surface area contributed by atoms with E-state index in [0.29, 0.717) is 36.0 Å². The van der Waals surface area contributed by atoms with Crippen LogP contribution in [0.1, 0.15) is 51.4 Å². The van der Waals surface area contributed by atoms with Gasteiger partial charge in [-0.1, -0.05) is 12.8 Å². The van der Waals surface area contributed by atoms with Crippen LogP contribution in [0.2, 0.25) is 0 Å². The number of carbonyl (C=O) groups is 1. The molecule has 2 aliphatic carbocycles. The minimum Gasteiger partial charge on any atom is -0.326 e. The molecule has 5 nitrogen and oxygen atoms in total. The molecule has 3 aliphatic rings. The standard InChI is InChI=1S/C20H28N2O3S/c23-20(14-17-13-15-4-5-16(17)12-15)21-18-6-8-19(9-7-18)26(24,25)22-10-2-1-3-11-22/h6-9,15-17H,1-5,10-14H2,(H,21,23)/t15-,16-,17+/m1/s1. The molecule has 1 N–H and O–H groups in total. The molecule has 26 heavy (non-hydrogen) atoms. The zero-order chi connectivity index (χ0) is 18.1. The Hall–Kier alpha value is -1.40. The van der Waals surface area contributed by atoms with Gasteiger partial charge in [0.1, 0.15) is 0 Å². The molecule has 0 spiro atoms. The summed E-state index contributed by atoms with van der Waals surface area (Å²) in [6, 6.07) is 6.62. The predicted molar refractivity (Wildman–Crippen MR) is 101 cm³/mol. The molecule has 1 amide bonds. The van der Waals surface area contributed by atoms with Crippen LogP contribution in [-0.2, 0) is 14.8 Å². The van der Waals surface area contributed by atoms with Gasteiger partial charge < -0.3 is 5.32 Å². The first-order valence-electron chi connectivity index (χ1n) is 9.92. The summed E-state index contributed by atoms with van der Waals surface area (Å²) in [5.74, 6) is 2.17. The molecule has 3 atom stereocenters. The molecule has 2 bridgehead atoms. The average molecular weight is 377 g/mol. The summed E-state index contributed by atoms with van der Waals surface area (Å²) >= 11 is 0. The van der Waals surface area contributed by atoms with E-state index < -0.39 is 10.0 Å². The van der Waals surface area contributed by atoms with Gasteiger partial charge in [-0.2, -0.15) is 4.31 Å². The normalized spacial score (nSPS) is 29.0. The molecule has 1 saturated heterocycles. The van der Waals surface area contributed by atoms with Crippen LogP contribution in [-0.4, -0.2) is 31.7 Å². The van der Waals surface area contributed by atoms with Crippen molar-refractivity contribution in [2.75, 3.05) is 18.4 Å². The topological polar surface area (TPSA) is 66.5 Å². The number of piperidine rings is 1. The first-order chi connectivity index (χ1) is 12.5. The average Bonchev–Trinajstić information content (AvgIpc) is 3.26. The second-order valence-electron chi connectivity index (χ2n) is 8.18. The minimum absolute atomic E-state index is 0.0502. The van der Waals surface area contributed by atoms with E-state index in [-0.39, 0.29) is 5.91 Å². The molecular weight excluding hydrogens is 348 g/mol. The lowest BCUT2D eigenvalue weighted by Gasteiger charge is -2.26. The lowest BCUT2D eigenvalue weighted by molar-refractivity contribution is -0.117. The maximum absolute atomic E-state index is 12.7. The van der Waals surface area contributed by atoms with Crippen molar-refractivity contribution in [3.8, 4) is 0 Å². The monoisotopic (exact) mass is 376 g/mol. The Balaban J connectivity index is 1.36. The van der Waals surface area contributed by atoms with E-state index in [1.807, 2.05) is 0 Å². The molecular formula is C20H28N2O3S. The lowest BCUT2D eigenvalue weighted by Crippen LogP contribution is -2.35. The molecule has 142 valence electrons. The number of nitrogens with zero attached hydrogens (tertiary/aromatic N) is 1. The molecule has 1 aliphatic heterocycles. The number of rotatable bonds is 5. The molecule has 1 heterocycles. The summed E-state index contributed by atoms with van der Waals surface area (Å²) in [5, 5.41) is 2.94. The van der Waals surface area contributed by atoms with Crippen molar-refractivity contribution in [2.24, 2.45) is 17.8 Å². The SMILES string of the molecule is O=C(C[C@@H]1C[C@@H]2CC[C@@H]1C2)Nc1ccc(S(=O)(=O)N2CCCCC2)cc1. The van der Waals surface area contributed by atoms with Gasteiger partial charge >= 0.3 is 0 Å². The van der Waals surface area contributed by atoms with Crippen LogP contribution in [0, 0.1) is 17.8 Å². The molecule has 0 radical (unpaired) electrons. The Labute approximate surface area is 156 Å². The smallest absolute Gasteiger partial charge is 0.243 e. The van der Waals surface area contributed by atoms with E-state index in [1.54, 1.807) is 28.6 Å². The molecule has 1 aromatic carbocycles. The van der Waals surface area contributed by atoms with Gasteiger partial charge in [0.15, 0.2) is 0 Å². The van der Waals surface area contributed by atoms with Crippen molar-refractivity contribution < 1.29 is 13.2 Å². The number of hydrogen-bond donors (Lipinski definition) is 1. The Morgan fingerprint density at radius 1 is 1.04 bits per heavy atom. The van der Waals surface area contributed by atoms with E-state index in [2.05, 4.69) is 5.32 Å². The number of anilines is 1. The van der Waals surface area contributed by atoms with Crippen molar-refractivity contribution in [2.45, 2.75) is 56.3 Å². The van der Waals surface area contributed by atoms with Gasteiger partial charge in [-0.25, -0.2) is 8.42 Å². The van der Waals surface area contributed by atoms with E-state index in [9.17, 15) is 13.2 Å². The summed E-state index contributed by atoms with van der Waals surface area (Å²) < 4.78 is 26.9. The maximum Gasteiger partial charge on any atom is 0.243 e. The van der Waals surface area contributed by atoms with E-state index in [1.165, 1.54) is 25.7 Å². The number of nitrogens with one attached hydrogen (secondary N) is 1. The van der Waals surface area contributed by atoms with Crippen LogP contribution in [0.3, 0.4) is 0 Å². The maximum atomic E-state index is 12.7. The first-order valence-corrected chi connectivity index (χ1v) is 11.4. The molecule has 0 unspecified atom stereocenters. The van der Waals surface area contributed by atoms with Crippen LogP contribution in [0.4, 0.5) is 5.69 Å². The molecule has 2 saturated carbocycles. The van der Waals surface area contributed by atoms with E-state index in [0.717, 1.165) is 31.1 Å². The van der Waals surface area contributed by atoms with Crippen molar-refractivity contribution in [3.63, 3.8) is 0 Å². The van der Waals surface area contributed by atoms with Crippen molar-refractivity contribution in [1.82, 2.24) is 4.31 Å². The predicted octanol–water partition coefficient (Wildman–Crippen LogP) is 3.63. The third-order valence-electron chi connectivity index (χ3n) is 6.42. The molecule has 4 rings (SSSR count). The minimum atomic E-state index is -3.41. The molecule has 0 aromatic heterocycles. The Morgan fingerprint density at radius 3 is 2.38 bits per heavy atom. The highest BCUT2D eigenvalue weighted by molar-refractivity contribution is 7.89. The number of benzene rings is 1. The second kappa shape index (κ2) is 7.31. The van der Waals surface area contributed by atoms with Crippen molar-refractivity contribution in [1.29, 1.82) is 0 Å². The highest BCUT2D eigenvalue weighted by atomic mass is 32.2. The van der Waals surface area contributed by atoms with Crippen LogP contribution >= 0.6 is 0 Å². The lowest BCUT2D eigenvalue weighted by atomic mass is 9.86. The summed E-state index contributed by atoms with van der Waals surface area (Å²) in [5.41, 5.74) is 0.677. The van der Waals surface area contributed by atoms with Crippen LogP contribution in [0.25, 0.3) is 0 Å². The summed E-state index contributed by atoms with van der Waals surface area (Å²) in [4.78, 5) is 12.6. The van der Waals surface area contributed by atoms with Crippen LogP contribution in [0.15, 0.2) is 29.2 Å². The Bertz CT molecular complexity index is 754.